The number of nitriles is 1. The van der Waals surface area contributed by atoms with Gasteiger partial charge in [-0.15, -0.1) is 0 Å². The fraction of sp³-hybridized carbons (Fsp3) is 0.432. The number of benzene rings is 3. The lowest BCUT2D eigenvalue weighted by atomic mass is 9.62. The summed E-state index contributed by atoms with van der Waals surface area (Å²) in [4.78, 5) is 27.2. The number of ether oxygens (including phenoxy) is 3. The molecule has 0 radical (unpaired) electrons. The summed E-state index contributed by atoms with van der Waals surface area (Å²) in [6.45, 7) is 7.66. The summed E-state index contributed by atoms with van der Waals surface area (Å²) in [7, 11) is 2.98. The molecule has 13 heteroatoms. The minimum absolute atomic E-state index is 0.0273. The SMILES string of the molecule is COCCOCCCNC(=O)c1ccc(NC(=O)[C@@H]2N[C@@H](CC(C)(C)C)[C@](C#N)(c3ccc(Cl)cc3F)[C@H]2c2cccc(Cl)c2F)c(OC)c1. The van der Waals surface area contributed by atoms with Crippen LogP contribution < -0.4 is 20.7 Å². The number of carbonyl (C=O) groups excluding carboxylic acids is 2. The van der Waals surface area contributed by atoms with Crippen LogP contribution >= 0.6 is 23.2 Å². The first kappa shape index (κ1) is 39.0. The summed E-state index contributed by atoms with van der Waals surface area (Å²) in [5.74, 6) is -3.62. The van der Waals surface area contributed by atoms with E-state index in [2.05, 4.69) is 22.0 Å². The zero-order valence-corrected chi connectivity index (χ0v) is 30.2. The molecule has 0 saturated carbocycles. The third kappa shape index (κ3) is 8.74. The van der Waals surface area contributed by atoms with Crippen molar-refractivity contribution in [2.24, 2.45) is 5.41 Å². The monoisotopic (exact) mass is 730 g/mol. The van der Waals surface area contributed by atoms with Gasteiger partial charge in [0.2, 0.25) is 5.91 Å². The van der Waals surface area contributed by atoms with Gasteiger partial charge in [0.15, 0.2) is 0 Å². The van der Waals surface area contributed by atoms with Gasteiger partial charge >= 0.3 is 0 Å². The molecule has 3 N–H and O–H groups in total. The predicted molar refractivity (Wildman–Crippen MR) is 189 cm³/mol. The zero-order chi connectivity index (χ0) is 36.6. The largest absolute Gasteiger partial charge is 0.495 e. The van der Waals surface area contributed by atoms with Crippen molar-refractivity contribution in [3.05, 3.63) is 93.0 Å². The first-order valence-electron chi connectivity index (χ1n) is 16.2. The van der Waals surface area contributed by atoms with E-state index in [9.17, 15) is 14.9 Å². The molecular weight excluding hydrogens is 689 g/mol. The molecule has 268 valence electrons. The Morgan fingerprint density at radius 3 is 2.46 bits per heavy atom. The van der Waals surface area contributed by atoms with Crippen molar-refractivity contribution < 1.29 is 32.6 Å². The van der Waals surface area contributed by atoms with Gasteiger partial charge in [-0.3, -0.25) is 9.59 Å². The molecule has 3 aromatic rings. The van der Waals surface area contributed by atoms with Crippen molar-refractivity contribution in [3.63, 3.8) is 0 Å². The van der Waals surface area contributed by atoms with Gasteiger partial charge in [0, 0.05) is 48.4 Å². The molecule has 0 spiro atoms. The molecule has 0 bridgehead atoms. The molecule has 50 heavy (non-hydrogen) atoms. The highest BCUT2D eigenvalue weighted by atomic mass is 35.5. The quantitative estimate of drug-likeness (QED) is 0.152. The second kappa shape index (κ2) is 16.9. The van der Waals surface area contributed by atoms with Gasteiger partial charge < -0.3 is 30.2 Å². The average Bonchev–Trinajstić information content (AvgIpc) is 3.38. The van der Waals surface area contributed by atoms with E-state index in [0.717, 1.165) is 6.07 Å². The number of anilines is 1. The third-order valence-electron chi connectivity index (χ3n) is 8.64. The van der Waals surface area contributed by atoms with Crippen molar-refractivity contribution in [3.8, 4) is 11.8 Å². The van der Waals surface area contributed by atoms with E-state index in [1.165, 1.54) is 55.6 Å². The minimum Gasteiger partial charge on any atom is -0.495 e. The first-order valence-corrected chi connectivity index (χ1v) is 16.9. The van der Waals surface area contributed by atoms with Gasteiger partial charge in [0.05, 0.1) is 43.1 Å². The number of nitrogens with one attached hydrogen (secondary N) is 3. The highest BCUT2D eigenvalue weighted by Gasteiger charge is 2.61. The highest BCUT2D eigenvalue weighted by molar-refractivity contribution is 6.31. The molecule has 0 unspecified atom stereocenters. The van der Waals surface area contributed by atoms with Crippen LogP contribution in [-0.4, -0.2) is 64.5 Å². The van der Waals surface area contributed by atoms with Crippen molar-refractivity contribution in [2.75, 3.05) is 45.9 Å². The van der Waals surface area contributed by atoms with Crippen molar-refractivity contribution in [2.45, 2.75) is 57.0 Å². The maximum atomic E-state index is 16.0. The second-order valence-corrected chi connectivity index (χ2v) is 14.1. The molecule has 0 aliphatic carbocycles. The fourth-order valence-corrected chi connectivity index (χ4v) is 6.77. The average molecular weight is 732 g/mol. The van der Waals surface area contributed by atoms with E-state index in [1.807, 2.05) is 20.8 Å². The van der Waals surface area contributed by atoms with Crippen LogP contribution in [0.3, 0.4) is 0 Å². The lowest BCUT2D eigenvalue weighted by Gasteiger charge is -2.37. The molecule has 1 aliphatic rings. The number of amides is 2. The van der Waals surface area contributed by atoms with Gasteiger partial charge in [-0.1, -0.05) is 62.2 Å². The van der Waals surface area contributed by atoms with Crippen molar-refractivity contribution in [1.82, 2.24) is 10.6 Å². The standard InChI is InChI=1S/C37H42Cl2F2N4O5/c1-36(2,3)20-30-37(21-42,25-12-11-23(38)19-27(25)40)31(24-8-6-9-26(39)32(24)41)33(45-30)35(47)44-28-13-10-22(18-29(28)49-5)34(46)43-14-7-15-50-17-16-48-4/h6,8-13,18-19,30-31,33,45H,7,14-17,20H2,1-5H3,(H,43,46)(H,44,47)/t30-,31-,33+,37-/m0/s1. The minimum atomic E-state index is -1.78. The van der Waals surface area contributed by atoms with Crippen LogP contribution in [0, 0.1) is 28.4 Å². The predicted octanol–water partition coefficient (Wildman–Crippen LogP) is 7.02. The van der Waals surface area contributed by atoms with E-state index in [1.54, 1.807) is 7.11 Å². The smallest absolute Gasteiger partial charge is 0.251 e. The summed E-state index contributed by atoms with van der Waals surface area (Å²) in [5, 5.41) is 19.9. The number of nitrogens with zero attached hydrogens (tertiary/aromatic N) is 1. The van der Waals surface area contributed by atoms with Crippen LogP contribution in [0.4, 0.5) is 14.5 Å². The fourth-order valence-electron chi connectivity index (χ4n) is 6.43. The molecule has 1 saturated heterocycles. The lowest BCUT2D eigenvalue weighted by molar-refractivity contribution is -0.118. The molecule has 1 heterocycles. The van der Waals surface area contributed by atoms with Gasteiger partial charge in [0.25, 0.3) is 5.91 Å². The third-order valence-corrected chi connectivity index (χ3v) is 9.16. The van der Waals surface area contributed by atoms with Crippen LogP contribution in [0.5, 0.6) is 5.75 Å². The Morgan fingerprint density at radius 1 is 1.04 bits per heavy atom. The number of methoxy groups -OCH3 is 2. The van der Waals surface area contributed by atoms with Crippen LogP contribution in [0.15, 0.2) is 54.6 Å². The Hall–Kier alpha value is -3.79. The van der Waals surface area contributed by atoms with Crippen LogP contribution in [-0.2, 0) is 19.7 Å². The maximum absolute atomic E-state index is 16.0. The van der Waals surface area contributed by atoms with Crippen LogP contribution in [0.2, 0.25) is 10.0 Å². The molecular formula is C37H42Cl2F2N4O5. The lowest BCUT2D eigenvalue weighted by Crippen LogP contribution is -2.45. The topological polar surface area (TPSA) is 122 Å². The van der Waals surface area contributed by atoms with Crippen LogP contribution in [0.25, 0.3) is 0 Å². The zero-order valence-electron chi connectivity index (χ0n) is 28.7. The molecule has 0 aromatic heterocycles. The summed E-state index contributed by atoms with van der Waals surface area (Å²) < 4.78 is 47.8. The molecule has 4 atom stereocenters. The van der Waals surface area contributed by atoms with Gasteiger partial charge in [-0.05, 0) is 60.2 Å². The Kier molecular flexibility index (Phi) is 13.2. The number of hydrogen-bond donors (Lipinski definition) is 3. The molecule has 2 amide bonds. The van der Waals surface area contributed by atoms with Crippen molar-refractivity contribution >= 4 is 40.7 Å². The molecule has 4 rings (SSSR count). The Morgan fingerprint density at radius 2 is 1.80 bits per heavy atom. The molecule has 9 nitrogen and oxygen atoms in total. The van der Waals surface area contributed by atoms with E-state index in [4.69, 9.17) is 37.4 Å². The second-order valence-electron chi connectivity index (χ2n) is 13.3. The number of carbonyl (C=O) groups is 2. The van der Waals surface area contributed by atoms with E-state index < -0.39 is 46.4 Å². The maximum Gasteiger partial charge on any atom is 0.251 e. The number of hydrogen-bond acceptors (Lipinski definition) is 7. The molecule has 1 fully saturated rings. The summed E-state index contributed by atoms with van der Waals surface area (Å²) in [6, 6.07) is 13.1. The van der Waals surface area contributed by atoms with E-state index in [0.29, 0.717) is 44.8 Å². The normalized spacial score (nSPS) is 20.3. The summed E-state index contributed by atoms with van der Waals surface area (Å²) in [6.07, 6.45) is 0.918. The molecule has 1 aliphatic heterocycles. The Bertz CT molecular complexity index is 1730. The van der Waals surface area contributed by atoms with Gasteiger partial charge in [-0.2, -0.15) is 5.26 Å². The Balaban J connectivity index is 1.71. The summed E-state index contributed by atoms with van der Waals surface area (Å²) >= 11 is 12.4. The van der Waals surface area contributed by atoms with Gasteiger partial charge in [-0.25, -0.2) is 8.78 Å². The van der Waals surface area contributed by atoms with Gasteiger partial charge in [0.1, 0.15) is 22.8 Å². The van der Waals surface area contributed by atoms with Crippen molar-refractivity contribution in [1.29, 1.82) is 5.26 Å². The number of rotatable bonds is 14. The highest BCUT2D eigenvalue weighted by Crippen LogP contribution is 2.53. The summed E-state index contributed by atoms with van der Waals surface area (Å²) in [5.41, 5.74) is -1.71. The van der Waals surface area contributed by atoms with Crippen LogP contribution in [0.1, 0.15) is 61.0 Å². The molecule has 3 aromatic carbocycles. The Labute approximate surface area is 301 Å². The van der Waals surface area contributed by atoms with E-state index in [-0.39, 0.29) is 38.5 Å². The first-order chi connectivity index (χ1) is 23.8. The number of halogens is 4. The van der Waals surface area contributed by atoms with E-state index >= 15 is 8.78 Å².